The molecular formula is C11H21N. The second-order valence-electron chi connectivity index (χ2n) is 5.62. The Bertz CT molecular complexity index is 186. The fourth-order valence-electron chi connectivity index (χ4n) is 2.97. The van der Waals surface area contributed by atoms with Gasteiger partial charge in [-0.05, 0) is 52.5 Å². The molecule has 1 saturated heterocycles. The first-order valence-corrected chi connectivity index (χ1v) is 5.24. The van der Waals surface area contributed by atoms with E-state index in [1.807, 2.05) is 0 Å². The molecule has 0 bridgehead atoms. The minimum atomic E-state index is 0.390. The molecule has 1 saturated carbocycles. The summed E-state index contributed by atoms with van der Waals surface area (Å²) in [5.41, 5.74) is 1.03. The van der Waals surface area contributed by atoms with E-state index in [0.717, 1.165) is 5.92 Å². The van der Waals surface area contributed by atoms with Crippen LogP contribution in [0.5, 0.6) is 0 Å². The van der Waals surface area contributed by atoms with Crippen LogP contribution in [0.3, 0.4) is 0 Å². The lowest BCUT2D eigenvalue weighted by Crippen LogP contribution is -2.47. The number of likely N-dealkylation sites (tertiary alicyclic amines) is 1. The van der Waals surface area contributed by atoms with Crippen molar-refractivity contribution in [2.75, 3.05) is 6.54 Å². The third kappa shape index (κ3) is 1.02. The molecular weight excluding hydrogens is 146 g/mol. The number of hydrogen-bond acceptors (Lipinski definition) is 1. The topological polar surface area (TPSA) is 3.24 Å². The second-order valence-corrected chi connectivity index (χ2v) is 5.62. The van der Waals surface area contributed by atoms with Gasteiger partial charge in [-0.15, -0.1) is 0 Å². The van der Waals surface area contributed by atoms with Crippen LogP contribution in [0.4, 0.5) is 0 Å². The summed E-state index contributed by atoms with van der Waals surface area (Å²) in [6.07, 6.45) is 4.31. The van der Waals surface area contributed by atoms with Crippen LogP contribution in [0, 0.1) is 5.92 Å². The average molecular weight is 167 g/mol. The Morgan fingerprint density at radius 2 is 1.83 bits per heavy atom. The van der Waals surface area contributed by atoms with Crippen molar-refractivity contribution in [3.8, 4) is 0 Å². The van der Waals surface area contributed by atoms with Gasteiger partial charge in [0, 0.05) is 11.1 Å². The Balaban J connectivity index is 2.19. The van der Waals surface area contributed by atoms with E-state index in [-0.39, 0.29) is 0 Å². The molecule has 2 fully saturated rings. The van der Waals surface area contributed by atoms with Gasteiger partial charge in [-0.25, -0.2) is 0 Å². The molecule has 0 aromatic carbocycles. The minimum Gasteiger partial charge on any atom is -0.293 e. The van der Waals surface area contributed by atoms with Gasteiger partial charge in [-0.3, -0.25) is 4.90 Å². The summed E-state index contributed by atoms with van der Waals surface area (Å²) in [4.78, 5) is 2.74. The second kappa shape index (κ2) is 2.25. The zero-order chi connectivity index (χ0) is 8.98. The lowest BCUT2D eigenvalue weighted by atomic mass is 9.97. The Hall–Kier alpha value is -0.0400. The third-order valence-electron chi connectivity index (χ3n) is 3.81. The van der Waals surface area contributed by atoms with E-state index < -0.39 is 0 Å². The molecule has 0 N–H and O–H groups in total. The molecule has 1 heteroatoms. The van der Waals surface area contributed by atoms with E-state index in [2.05, 4.69) is 32.6 Å². The highest BCUT2D eigenvalue weighted by Crippen LogP contribution is 2.55. The highest BCUT2D eigenvalue weighted by molar-refractivity contribution is 5.13. The predicted molar refractivity (Wildman–Crippen MR) is 52.2 cm³/mol. The van der Waals surface area contributed by atoms with E-state index in [9.17, 15) is 0 Å². The molecule has 1 heterocycles. The molecule has 1 spiro atoms. The molecule has 1 aliphatic carbocycles. The summed E-state index contributed by atoms with van der Waals surface area (Å²) in [5, 5.41) is 0. The number of nitrogens with zero attached hydrogens (tertiary/aromatic N) is 1. The first-order valence-electron chi connectivity index (χ1n) is 5.24. The highest BCUT2D eigenvalue weighted by atomic mass is 15.3. The van der Waals surface area contributed by atoms with Crippen molar-refractivity contribution in [1.29, 1.82) is 0 Å². The Labute approximate surface area is 76.1 Å². The van der Waals surface area contributed by atoms with Gasteiger partial charge in [0.25, 0.3) is 0 Å². The minimum absolute atomic E-state index is 0.390. The van der Waals surface area contributed by atoms with Crippen LogP contribution in [-0.4, -0.2) is 22.5 Å². The van der Waals surface area contributed by atoms with E-state index in [0.29, 0.717) is 11.1 Å². The van der Waals surface area contributed by atoms with Crippen LogP contribution >= 0.6 is 0 Å². The van der Waals surface area contributed by atoms with Gasteiger partial charge < -0.3 is 0 Å². The van der Waals surface area contributed by atoms with Gasteiger partial charge in [-0.1, -0.05) is 6.92 Å². The molecule has 2 aliphatic rings. The molecule has 0 radical (unpaired) electrons. The van der Waals surface area contributed by atoms with Crippen molar-refractivity contribution in [2.24, 2.45) is 5.92 Å². The SMILES string of the molecule is CC1CCN(C(C)(C)C)C12CC2. The van der Waals surface area contributed by atoms with Crippen molar-refractivity contribution < 1.29 is 0 Å². The van der Waals surface area contributed by atoms with Gasteiger partial charge in [0.05, 0.1) is 0 Å². The maximum atomic E-state index is 2.74. The zero-order valence-electron chi connectivity index (χ0n) is 8.85. The first kappa shape index (κ1) is 8.55. The van der Waals surface area contributed by atoms with Crippen LogP contribution in [0.1, 0.15) is 47.0 Å². The van der Waals surface area contributed by atoms with Crippen LogP contribution < -0.4 is 0 Å². The van der Waals surface area contributed by atoms with Crippen LogP contribution in [-0.2, 0) is 0 Å². The molecule has 1 unspecified atom stereocenters. The first-order chi connectivity index (χ1) is 5.47. The molecule has 1 atom stereocenters. The van der Waals surface area contributed by atoms with Crippen LogP contribution in [0.2, 0.25) is 0 Å². The van der Waals surface area contributed by atoms with Crippen molar-refractivity contribution in [2.45, 2.75) is 58.0 Å². The molecule has 1 aliphatic heterocycles. The molecule has 0 aromatic rings. The summed E-state index contributed by atoms with van der Waals surface area (Å²) in [6, 6.07) is 0. The normalized spacial score (nSPS) is 34.5. The lowest BCUT2D eigenvalue weighted by Gasteiger charge is -2.38. The summed E-state index contributed by atoms with van der Waals surface area (Å²) < 4.78 is 0. The largest absolute Gasteiger partial charge is 0.293 e. The highest BCUT2D eigenvalue weighted by Gasteiger charge is 2.57. The molecule has 0 aromatic heterocycles. The van der Waals surface area contributed by atoms with Gasteiger partial charge in [0.15, 0.2) is 0 Å². The fourth-order valence-corrected chi connectivity index (χ4v) is 2.97. The number of hydrogen-bond donors (Lipinski definition) is 0. The van der Waals surface area contributed by atoms with Gasteiger partial charge >= 0.3 is 0 Å². The fraction of sp³-hybridized carbons (Fsp3) is 1.00. The Morgan fingerprint density at radius 1 is 1.25 bits per heavy atom. The number of rotatable bonds is 0. The average Bonchev–Trinajstić information content (AvgIpc) is 2.58. The van der Waals surface area contributed by atoms with Crippen molar-refractivity contribution in [3.63, 3.8) is 0 Å². The molecule has 12 heavy (non-hydrogen) atoms. The maximum absolute atomic E-state index is 2.74. The van der Waals surface area contributed by atoms with Crippen molar-refractivity contribution in [3.05, 3.63) is 0 Å². The standard InChI is InChI=1S/C11H21N/c1-9-5-8-12(10(2,3)4)11(9)6-7-11/h9H,5-8H2,1-4H3. The summed E-state index contributed by atoms with van der Waals surface area (Å²) >= 11 is 0. The molecule has 0 amide bonds. The monoisotopic (exact) mass is 167 g/mol. The summed E-state index contributed by atoms with van der Waals surface area (Å²) in [5.74, 6) is 0.941. The Morgan fingerprint density at radius 3 is 2.17 bits per heavy atom. The summed E-state index contributed by atoms with van der Waals surface area (Å²) in [7, 11) is 0. The molecule has 1 nitrogen and oxygen atoms in total. The van der Waals surface area contributed by atoms with Crippen LogP contribution in [0.15, 0.2) is 0 Å². The third-order valence-corrected chi connectivity index (χ3v) is 3.81. The molecule has 2 rings (SSSR count). The van der Waals surface area contributed by atoms with Crippen molar-refractivity contribution >= 4 is 0 Å². The van der Waals surface area contributed by atoms with Gasteiger partial charge in [0.1, 0.15) is 0 Å². The van der Waals surface area contributed by atoms with Gasteiger partial charge in [0.2, 0.25) is 0 Å². The van der Waals surface area contributed by atoms with E-state index in [1.54, 1.807) is 0 Å². The van der Waals surface area contributed by atoms with E-state index in [4.69, 9.17) is 0 Å². The quantitative estimate of drug-likeness (QED) is 0.536. The maximum Gasteiger partial charge on any atom is 0.0242 e. The summed E-state index contributed by atoms with van der Waals surface area (Å²) in [6.45, 7) is 10.8. The van der Waals surface area contributed by atoms with Crippen molar-refractivity contribution in [1.82, 2.24) is 4.90 Å². The molecule has 70 valence electrons. The van der Waals surface area contributed by atoms with E-state index >= 15 is 0 Å². The zero-order valence-corrected chi connectivity index (χ0v) is 8.85. The Kier molecular flexibility index (Phi) is 1.61. The smallest absolute Gasteiger partial charge is 0.0242 e. The van der Waals surface area contributed by atoms with Crippen LogP contribution in [0.25, 0.3) is 0 Å². The van der Waals surface area contributed by atoms with Gasteiger partial charge in [-0.2, -0.15) is 0 Å². The lowest BCUT2D eigenvalue weighted by molar-refractivity contribution is 0.0939. The predicted octanol–water partition coefficient (Wildman–Crippen LogP) is 2.66. The van der Waals surface area contributed by atoms with E-state index in [1.165, 1.54) is 25.8 Å².